The summed E-state index contributed by atoms with van der Waals surface area (Å²) < 4.78 is 22.2. The van der Waals surface area contributed by atoms with Crippen molar-refractivity contribution in [2.75, 3.05) is 5.32 Å². The predicted octanol–water partition coefficient (Wildman–Crippen LogP) is -1.05. The molecule has 22 heavy (non-hydrogen) atoms. The molecular formula is C11H14N4O5S2. The summed E-state index contributed by atoms with van der Waals surface area (Å²) in [5.41, 5.74) is 5.35. The van der Waals surface area contributed by atoms with Gasteiger partial charge in [-0.05, 0) is 36.5 Å². The molecule has 0 aliphatic rings. The second-order valence-electron chi connectivity index (χ2n) is 4.23. The Morgan fingerprint density at radius 3 is 2.23 bits per heavy atom. The Hall–Kier alpha value is -2.24. The molecule has 0 unspecified atom stereocenters. The average molecular weight is 346 g/mol. The van der Waals surface area contributed by atoms with Crippen molar-refractivity contribution in [1.29, 1.82) is 0 Å². The van der Waals surface area contributed by atoms with E-state index in [1.807, 2.05) is 0 Å². The van der Waals surface area contributed by atoms with Gasteiger partial charge in [0.25, 0.3) is 0 Å². The number of primary amides is 1. The number of primary sulfonamides is 1. The van der Waals surface area contributed by atoms with Crippen LogP contribution in [0.2, 0.25) is 0 Å². The van der Waals surface area contributed by atoms with E-state index in [2.05, 4.69) is 10.6 Å². The molecule has 1 rings (SSSR count). The Kier molecular flexibility index (Phi) is 5.79. The number of rotatable bonds is 6. The Balaban J connectivity index is 2.72. The van der Waals surface area contributed by atoms with Crippen molar-refractivity contribution in [2.45, 2.75) is 17.4 Å². The summed E-state index contributed by atoms with van der Waals surface area (Å²) in [5, 5.41) is 18.9. The van der Waals surface area contributed by atoms with E-state index >= 15 is 0 Å². The standard InChI is InChI=1S/C11H14N4O5S2/c12-9(16)5-8(10(17)18)15-11(21)14-6-1-3-7(4-2-6)22(13,19)20/h1-4,8H,5H2,(H2,12,16)(H,17,18)(H2,13,19,20)(H2,14,15,21)/t8-/m0/s1. The molecule has 0 bridgehead atoms. The van der Waals surface area contributed by atoms with Gasteiger partial charge in [-0.25, -0.2) is 18.4 Å². The lowest BCUT2D eigenvalue weighted by Gasteiger charge is -2.16. The van der Waals surface area contributed by atoms with Gasteiger partial charge >= 0.3 is 5.97 Å². The Morgan fingerprint density at radius 2 is 1.82 bits per heavy atom. The second kappa shape index (κ2) is 7.15. The molecule has 0 aliphatic heterocycles. The highest BCUT2D eigenvalue weighted by Gasteiger charge is 2.20. The number of aliphatic carboxylic acids is 1. The van der Waals surface area contributed by atoms with Crippen molar-refractivity contribution in [3.63, 3.8) is 0 Å². The molecule has 1 aromatic rings. The number of benzene rings is 1. The van der Waals surface area contributed by atoms with Crippen molar-refractivity contribution in [3.8, 4) is 0 Å². The third-order valence-electron chi connectivity index (χ3n) is 2.45. The topological polar surface area (TPSA) is 165 Å². The number of carboxylic acid groups (broad SMARTS) is 1. The number of nitrogens with two attached hydrogens (primary N) is 2. The lowest BCUT2D eigenvalue weighted by molar-refractivity contribution is -0.140. The van der Waals surface area contributed by atoms with Crippen LogP contribution in [0.1, 0.15) is 6.42 Å². The van der Waals surface area contributed by atoms with E-state index in [9.17, 15) is 18.0 Å². The quantitative estimate of drug-likeness (QED) is 0.407. The SMILES string of the molecule is NC(=O)C[C@H](NC(=S)Nc1ccc(S(N)(=O)=O)cc1)C(=O)O. The molecule has 0 aromatic heterocycles. The first-order valence-electron chi connectivity index (χ1n) is 5.81. The van der Waals surface area contributed by atoms with Gasteiger partial charge in [0.1, 0.15) is 6.04 Å². The third-order valence-corrected chi connectivity index (χ3v) is 3.60. The fourth-order valence-corrected chi connectivity index (χ4v) is 2.23. The minimum Gasteiger partial charge on any atom is -0.480 e. The minimum atomic E-state index is -3.80. The Morgan fingerprint density at radius 1 is 1.27 bits per heavy atom. The lowest BCUT2D eigenvalue weighted by Crippen LogP contribution is -2.45. The van der Waals surface area contributed by atoms with Gasteiger partial charge in [0, 0.05) is 5.69 Å². The molecular weight excluding hydrogens is 332 g/mol. The molecule has 0 radical (unpaired) electrons. The molecule has 0 saturated heterocycles. The highest BCUT2D eigenvalue weighted by molar-refractivity contribution is 7.89. The first-order valence-corrected chi connectivity index (χ1v) is 7.76. The fraction of sp³-hybridized carbons (Fsp3) is 0.182. The third kappa shape index (κ3) is 5.63. The molecule has 7 N–H and O–H groups in total. The van der Waals surface area contributed by atoms with E-state index in [0.29, 0.717) is 5.69 Å². The fourth-order valence-electron chi connectivity index (χ4n) is 1.45. The number of carbonyl (C=O) groups is 2. The van der Waals surface area contributed by atoms with Crippen LogP contribution in [-0.2, 0) is 19.6 Å². The molecule has 11 heteroatoms. The van der Waals surface area contributed by atoms with Crippen LogP contribution in [0.15, 0.2) is 29.2 Å². The molecule has 120 valence electrons. The Labute approximate surface area is 131 Å². The van der Waals surface area contributed by atoms with E-state index in [1.54, 1.807) is 0 Å². The summed E-state index contributed by atoms with van der Waals surface area (Å²) in [6.45, 7) is 0. The molecule has 0 aliphatic carbocycles. The normalized spacial score (nSPS) is 12.2. The van der Waals surface area contributed by atoms with E-state index in [-0.39, 0.29) is 10.0 Å². The maximum absolute atomic E-state index is 11.1. The molecule has 1 atom stereocenters. The number of carbonyl (C=O) groups excluding carboxylic acids is 1. The summed E-state index contributed by atoms with van der Waals surface area (Å²) in [4.78, 5) is 21.6. The van der Waals surface area contributed by atoms with Crippen molar-refractivity contribution in [2.24, 2.45) is 10.9 Å². The van der Waals surface area contributed by atoms with Gasteiger partial charge in [0.15, 0.2) is 5.11 Å². The van der Waals surface area contributed by atoms with Crippen LogP contribution in [-0.4, -0.2) is 36.6 Å². The van der Waals surface area contributed by atoms with Gasteiger partial charge in [-0.1, -0.05) is 0 Å². The molecule has 1 amide bonds. The van der Waals surface area contributed by atoms with Gasteiger partial charge in [0.05, 0.1) is 11.3 Å². The van der Waals surface area contributed by atoms with Gasteiger partial charge < -0.3 is 21.5 Å². The lowest BCUT2D eigenvalue weighted by atomic mass is 10.2. The maximum atomic E-state index is 11.1. The predicted molar refractivity (Wildman–Crippen MR) is 82.4 cm³/mol. The second-order valence-corrected chi connectivity index (χ2v) is 6.20. The molecule has 0 saturated carbocycles. The van der Waals surface area contributed by atoms with Crippen molar-refractivity contribution >= 4 is 44.9 Å². The number of sulfonamides is 1. The summed E-state index contributed by atoms with van der Waals surface area (Å²) in [5.74, 6) is -2.08. The summed E-state index contributed by atoms with van der Waals surface area (Å²) in [6, 6.07) is 4.06. The average Bonchev–Trinajstić information content (AvgIpc) is 2.36. The van der Waals surface area contributed by atoms with Gasteiger partial charge in [-0.15, -0.1) is 0 Å². The van der Waals surface area contributed by atoms with Crippen LogP contribution in [0, 0.1) is 0 Å². The summed E-state index contributed by atoms with van der Waals surface area (Å²) in [6.07, 6.45) is -0.429. The number of hydrogen-bond acceptors (Lipinski definition) is 5. The first-order chi connectivity index (χ1) is 10.1. The van der Waals surface area contributed by atoms with Crippen molar-refractivity contribution in [3.05, 3.63) is 24.3 Å². The van der Waals surface area contributed by atoms with Gasteiger partial charge in [0.2, 0.25) is 15.9 Å². The van der Waals surface area contributed by atoms with Crippen LogP contribution in [0.25, 0.3) is 0 Å². The van der Waals surface area contributed by atoms with Crippen LogP contribution < -0.4 is 21.5 Å². The monoisotopic (exact) mass is 346 g/mol. The number of amides is 1. The number of thiocarbonyl (C=S) groups is 1. The van der Waals surface area contributed by atoms with E-state index in [0.717, 1.165) is 0 Å². The highest BCUT2D eigenvalue weighted by atomic mass is 32.2. The number of anilines is 1. The highest BCUT2D eigenvalue weighted by Crippen LogP contribution is 2.12. The van der Waals surface area contributed by atoms with Crippen LogP contribution in [0.3, 0.4) is 0 Å². The van der Waals surface area contributed by atoms with E-state index < -0.39 is 34.4 Å². The maximum Gasteiger partial charge on any atom is 0.326 e. The largest absolute Gasteiger partial charge is 0.480 e. The van der Waals surface area contributed by atoms with Crippen LogP contribution in [0.5, 0.6) is 0 Å². The molecule has 1 aromatic carbocycles. The van der Waals surface area contributed by atoms with Crippen molar-refractivity contribution in [1.82, 2.24) is 5.32 Å². The summed E-state index contributed by atoms with van der Waals surface area (Å²) >= 11 is 4.91. The zero-order valence-electron chi connectivity index (χ0n) is 11.1. The van der Waals surface area contributed by atoms with Crippen molar-refractivity contribution < 1.29 is 23.1 Å². The van der Waals surface area contributed by atoms with Crippen LogP contribution in [0.4, 0.5) is 5.69 Å². The van der Waals surface area contributed by atoms with E-state index in [4.69, 9.17) is 28.2 Å². The van der Waals surface area contributed by atoms with Crippen LogP contribution >= 0.6 is 12.2 Å². The number of hydrogen-bond donors (Lipinski definition) is 5. The first kappa shape index (κ1) is 17.8. The molecule has 0 spiro atoms. The Bertz CT molecular complexity index is 687. The number of nitrogens with one attached hydrogen (secondary N) is 2. The minimum absolute atomic E-state index is 0.0583. The molecule has 0 fully saturated rings. The zero-order valence-corrected chi connectivity index (χ0v) is 12.8. The smallest absolute Gasteiger partial charge is 0.326 e. The molecule has 9 nitrogen and oxygen atoms in total. The van der Waals surface area contributed by atoms with E-state index in [1.165, 1.54) is 24.3 Å². The number of carboxylic acids is 1. The molecule has 0 heterocycles. The summed E-state index contributed by atoms with van der Waals surface area (Å²) in [7, 11) is -3.80. The van der Waals surface area contributed by atoms with Gasteiger partial charge in [-0.2, -0.15) is 0 Å². The zero-order chi connectivity index (χ0) is 16.9. The van der Waals surface area contributed by atoms with Gasteiger partial charge in [-0.3, -0.25) is 4.79 Å².